The molecule has 1 aromatic carbocycles. The lowest BCUT2D eigenvalue weighted by atomic mass is 10.1. The van der Waals surface area contributed by atoms with Gasteiger partial charge in [-0.05, 0) is 25.1 Å². The van der Waals surface area contributed by atoms with Crippen LogP contribution in [0.1, 0.15) is 17.3 Å². The molecule has 0 saturated carbocycles. The van der Waals surface area contributed by atoms with Crippen LogP contribution in [0.2, 0.25) is 0 Å². The molecule has 0 fully saturated rings. The number of aliphatic hydroxyl groups is 2. The highest BCUT2D eigenvalue weighted by Gasteiger charge is 2.21. The van der Waals surface area contributed by atoms with Crippen LogP contribution in [0.3, 0.4) is 0 Å². The SMILES string of the molecule is CC(O)(CO)CNC(=O)c1ccc(N)cc1F. The van der Waals surface area contributed by atoms with Gasteiger partial charge in [0.1, 0.15) is 11.4 Å². The number of nitrogens with one attached hydrogen (secondary N) is 1. The fourth-order valence-electron chi connectivity index (χ4n) is 1.14. The number of hydrogen-bond donors (Lipinski definition) is 4. The van der Waals surface area contributed by atoms with Crippen LogP contribution >= 0.6 is 0 Å². The van der Waals surface area contributed by atoms with Crippen molar-refractivity contribution in [2.24, 2.45) is 0 Å². The van der Waals surface area contributed by atoms with Crippen LogP contribution in [-0.2, 0) is 0 Å². The van der Waals surface area contributed by atoms with Gasteiger partial charge in [-0.2, -0.15) is 0 Å². The highest BCUT2D eigenvalue weighted by Crippen LogP contribution is 2.11. The fourth-order valence-corrected chi connectivity index (χ4v) is 1.14. The van der Waals surface area contributed by atoms with Gasteiger partial charge in [0.25, 0.3) is 5.91 Å². The van der Waals surface area contributed by atoms with Gasteiger partial charge in [0.2, 0.25) is 0 Å². The van der Waals surface area contributed by atoms with E-state index >= 15 is 0 Å². The minimum absolute atomic E-state index is 0.159. The van der Waals surface area contributed by atoms with Crippen LogP contribution in [0, 0.1) is 5.82 Å². The molecule has 0 aromatic heterocycles. The fraction of sp³-hybridized carbons (Fsp3) is 0.364. The largest absolute Gasteiger partial charge is 0.399 e. The van der Waals surface area contributed by atoms with E-state index in [1.54, 1.807) is 0 Å². The van der Waals surface area contributed by atoms with Gasteiger partial charge in [0.05, 0.1) is 12.2 Å². The number of benzene rings is 1. The van der Waals surface area contributed by atoms with Crippen molar-refractivity contribution in [1.29, 1.82) is 0 Å². The van der Waals surface area contributed by atoms with Gasteiger partial charge >= 0.3 is 0 Å². The highest BCUT2D eigenvalue weighted by atomic mass is 19.1. The molecular formula is C11H15FN2O3. The average Bonchev–Trinajstić information content (AvgIpc) is 2.26. The number of amides is 1. The number of anilines is 1. The van der Waals surface area contributed by atoms with E-state index in [1.165, 1.54) is 19.1 Å². The average molecular weight is 242 g/mol. The Bertz CT molecular complexity index is 421. The first-order chi connectivity index (χ1) is 7.85. The molecule has 1 rings (SSSR count). The minimum Gasteiger partial charge on any atom is -0.399 e. The highest BCUT2D eigenvalue weighted by molar-refractivity contribution is 5.94. The summed E-state index contributed by atoms with van der Waals surface area (Å²) in [5.41, 5.74) is 3.98. The number of nitrogens with two attached hydrogens (primary N) is 1. The van der Waals surface area contributed by atoms with E-state index < -0.39 is 23.9 Å². The van der Waals surface area contributed by atoms with Gasteiger partial charge in [0, 0.05) is 12.2 Å². The number of nitrogen functional groups attached to an aromatic ring is 1. The second-order valence-corrected chi connectivity index (χ2v) is 4.08. The summed E-state index contributed by atoms with van der Waals surface area (Å²) in [5.74, 6) is -1.40. The number of rotatable bonds is 4. The summed E-state index contributed by atoms with van der Waals surface area (Å²) in [6, 6.07) is 3.70. The topological polar surface area (TPSA) is 95.6 Å². The Morgan fingerprint density at radius 3 is 2.76 bits per heavy atom. The van der Waals surface area contributed by atoms with Crippen molar-refractivity contribution in [3.8, 4) is 0 Å². The molecule has 0 saturated heterocycles. The molecule has 1 unspecified atom stereocenters. The third-order valence-electron chi connectivity index (χ3n) is 2.21. The van der Waals surface area contributed by atoms with Crippen LogP contribution in [0.25, 0.3) is 0 Å². The Labute approximate surface area is 98.1 Å². The molecule has 5 nitrogen and oxygen atoms in total. The molecule has 0 aliphatic heterocycles. The Balaban J connectivity index is 2.71. The summed E-state index contributed by atoms with van der Waals surface area (Å²) in [5, 5.41) is 20.6. The van der Waals surface area contributed by atoms with Gasteiger partial charge in [-0.15, -0.1) is 0 Å². The molecule has 6 heteroatoms. The third-order valence-corrected chi connectivity index (χ3v) is 2.21. The van der Waals surface area contributed by atoms with E-state index in [9.17, 15) is 14.3 Å². The Hall–Kier alpha value is -1.66. The van der Waals surface area contributed by atoms with Gasteiger partial charge in [-0.1, -0.05) is 0 Å². The lowest BCUT2D eigenvalue weighted by Crippen LogP contribution is -2.43. The number of hydrogen-bond acceptors (Lipinski definition) is 4. The molecule has 0 spiro atoms. The van der Waals surface area contributed by atoms with E-state index in [4.69, 9.17) is 10.8 Å². The van der Waals surface area contributed by atoms with Crippen LogP contribution < -0.4 is 11.1 Å². The Kier molecular flexibility index (Phi) is 4.03. The van der Waals surface area contributed by atoms with E-state index in [0.29, 0.717) is 0 Å². The van der Waals surface area contributed by atoms with Crippen molar-refractivity contribution in [2.75, 3.05) is 18.9 Å². The van der Waals surface area contributed by atoms with Gasteiger partial charge in [-0.3, -0.25) is 4.79 Å². The maximum Gasteiger partial charge on any atom is 0.254 e. The van der Waals surface area contributed by atoms with Crippen molar-refractivity contribution in [1.82, 2.24) is 5.32 Å². The second kappa shape index (κ2) is 5.11. The summed E-state index contributed by atoms with van der Waals surface area (Å²) < 4.78 is 13.3. The molecule has 0 bridgehead atoms. The molecule has 1 aromatic rings. The summed E-state index contributed by atoms with van der Waals surface area (Å²) in [6.45, 7) is 0.677. The smallest absolute Gasteiger partial charge is 0.254 e. The molecule has 5 N–H and O–H groups in total. The molecule has 1 amide bonds. The van der Waals surface area contributed by atoms with E-state index in [0.717, 1.165) is 6.07 Å². The van der Waals surface area contributed by atoms with Crippen LogP contribution in [0.4, 0.5) is 10.1 Å². The predicted octanol–water partition coefficient (Wildman–Crippen LogP) is -0.119. The summed E-state index contributed by atoms with van der Waals surface area (Å²) >= 11 is 0. The lowest BCUT2D eigenvalue weighted by Gasteiger charge is -2.20. The number of halogens is 1. The molecule has 0 aliphatic carbocycles. The zero-order chi connectivity index (χ0) is 13.1. The standard InChI is InChI=1S/C11H15FN2O3/c1-11(17,6-15)5-14-10(16)8-3-2-7(13)4-9(8)12/h2-4,15,17H,5-6,13H2,1H3,(H,14,16). The van der Waals surface area contributed by atoms with Crippen LogP contribution in [-0.4, -0.2) is 34.9 Å². The summed E-state index contributed by atoms with van der Waals surface area (Å²) in [7, 11) is 0. The third kappa shape index (κ3) is 3.69. The van der Waals surface area contributed by atoms with E-state index in [1.807, 2.05) is 0 Å². The molecule has 0 radical (unpaired) electrons. The Morgan fingerprint density at radius 1 is 1.59 bits per heavy atom. The lowest BCUT2D eigenvalue weighted by molar-refractivity contribution is 0.00317. The normalized spacial score (nSPS) is 14.1. The molecule has 1 atom stereocenters. The summed E-state index contributed by atoms with van der Waals surface area (Å²) in [4.78, 5) is 11.6. The van der Waals surface area contributed by atoms with Gasteiger partial charge in [-0.25, -0.2) is 4.39 Å². The number of aliphatic hydroxyl groups excluding tert-OH is 1. The van der Waals surface area contributed by atoms with Crippen molar-refractivity contribution < 1.29 is 19.4 Å². The quantitative estimate of drug-likeness (QED) is 0.553. The van der Waals surface area contributed by atoms with Gasteiger partial charge < -0.3 is 21.3 Å². The monoisotopic (exact) mass is 242 g/mol. The first-order valence-electron chi connectivity index (χ1n) is 5.02. The maximum absolute atomic E-state index is 13.3. The second-order valence-electron chi connectivity index (χ2n) is 4.08. The van der Waals surface area contributed by atoms with Crippen molar-refractivity contribution in [3.63, 3.8) is 0 Å². The van der Waals surface area contributed by atoms with Crippen LogP contribution in [0.15, 0.2) is 18.2 Å². The zero-order valence-electron chi connectivity index (χ0n) is 9.40. The molecular weight excluding hydrogens is 227 g/mol. The molecule has 94 valence electrons. The number of carbonyl (C=O) groups is 1. The van der Waals surface area contributed by atoms with E-state index in [-0.39, 0.29) is 17.8 Å². The molecule has 17 heavy (non-hydrogen) atoms. The Morgan fingerprint density at radius 2 is 2.24 bits per heavy atom. The maximum atomic E-state index is 13.3. The number of carbonyl (C=O) groups excluding carboxylic acids is 1. The summed E-state index contributed by atoms with van der Waals surface area (Å²) in [6.07, 6.45) is 0. The minimum atomic E-state index is -1.43. The molecule has 0 heterocycles. The van der Waals surface area contributed by atoms with Crippen molar-refractivity contribution >= 4 is 11.6 Å². The van der Waals surface area contributed by atoms with Gasteiger partial charge in [0.15, 0.2) is 0 Å². The zero-order valence-corrected chi connectivity index (χ0v) is 9.40. The molecule has 0 aliphatic rings. The van der Waals surface area contributed by atoms with E-state index in [2.05, 4.69) is 5.32 Å². The van der Waals surface area contributed by atoms with Crippen LogP contribution in [0.5, 0.6) is 0 Å². The van der Waals surface area contributed by atoms with Crippen molar-refractivity contribution in [3.05, 3.63) is 29.6 Å². The first-order valence-corrected chi connectivity index (χ1v) is 5.02. The van der Waals surface area contributed by atoms with Crippen molar-refractivity contribution in [2.45, 2.75) is 12.5 Å². The predicted molar refractivity (Wildman–Crippen MR) is 60.9 cm³/mol. The first kappa shape index (κ1) is 13.4.